The van der Waals surface area contributed by atoms with Gasteiger partial charge in [-0.05, 0) is 42.5 Å². The van der Waals surface area contributed by atoms with Crippen molar-refractivity contribution >= 4 is 28.8 Å². The fourth-order valence-electron chi connectivity index (χ4n) is 2.14. The summed E-state index contributed by atoms with van der Waals surface area (Å²) < 4.78 is 11.5. The normalized spacial score (nSPS) is 13.8. The number of aryl methyl sites for hydroxylation is 1. The molecule has 96 valence electrons. The average Bonchev–Trinajstić information content (AvgIpc) is 2.25. The van der Waals surface area contributed by atoms with Crippen molar-refractivity contribution in [2.75, 3.05) is 0 Å². The summed E-state index contributed by atoms with van der Waals surface area (Å²) in [6.45, 7) is 5.96. The van der Waals surface area contributed by atoms with E-state index in [4.69, 9.17) is 0 Å². The Morgan fingerprint density at radius 1 is 1.29 bits per heavy atom. The lowest BCUT2D eigenvalue weighted by Crippen LogP contribution is -2.16. The third kappa shape index (κ3) is 3.19. The number of rotatable bonds is 4. The summed E-state index contributed by atoms with van der Waals surface area (Å²) in [7, 11) is -4.21. The van der Waals surface area contributed by atoms with Crippen LogP contribution in [0.25, 0.3) is 0 Å². The lowest BCUT2D eigenvalue weighted by Gasteiger charge is -2.19. The van der Waals surface area contributed by atoms with Crippen molar-refractivity contribution in [2.24, 2.45) is 0 Å². The van der Waals surface area contributed by atoms with E-state index in [0.717, 1.165) is 29.5 Å². The zero-order valence-corrected chi connectivity index (χ0v) is 12.8. The van der Waals surface area contributed by atoms with Crippen LogP contribution in [0.3, 0.4) is 0 Å². The van der Waals surface area contributed by atoms with Crippen LogP contribution in [0.1, 0.15) is 42.3 Å². The Labute approximate surface area is 111 Å². The molecule has 1 aromatic carbocycles. The van der Waals surface area contributed by atoms with E-state index in [1.54, 1.807) is 6.07 Å². The number of halogens is 1. The summed E-state index contributed by atoms with van der Waals surface area (Å²) in [5.41, 5.74) is 2.96. The molecule has 0 fully saturated rings. The smallest absolute Gasteiger partial charge is 0.321 e. The van der Waals surface area contributed by atoms with E-state index < -0.39 is 7.60 Å². The van der Waals surface area contributed by atoms with Crippen molar-refractivity contribution in [3.8, 4) is 0 Å². The highest BCUT2D eigenvalue weighted by molar-refractivity contribution is 9.09. The molecule has 0 aliphatic rings. The monoisotopic (exact) mass is 320 g/mol. The molecule has 0 heterocycles. The second-order valence-electron chi connectivity index (χ2n) is 4.00. The maximum atomic E-state index is 11.5. The molecule has 0 aromatic heterocycles. The summed E-state index contributed by atoms with van der Waals surface area (Å²) in [6.07, 6.45) is 1.65. The molecule has 1 rings (SSSR count). The topological polar surface area (TPSA) is 57.5 Å². The summed E-state index contributed by atoms with van der Waals surface area (Å²) in [5, 5.41) is 0.149. The van der Waals surface area contributed by atoms with Crippen LogP contribution in [0.5, 0.6) is 0 Å². The number of alkyl halides is 1. The van der Waals surface area contributed by atoms with Gasteiger partial charge in [0.05, 0.1) is 5.30 Å². The molecule has 0 spiro atoms. The maximum absolute atomic E-state index is 11.5. The minimum atomic E-state index is -4.21. The molecule has 3 nitrogen and oxygen atoms in total. The predicted molar refractivity (Wildman–Crippen MR) is 74.2 cm³/mol. The van der Waals surface area contributed by atoms with Crippen molar-refractivity contribution in [2.45, 2.75) is 38.4 Å². The second kappa shape index (κ2) is 5.66. The second-order valence-corrected chi connectivity index (χ2v) is 6.95. The molecule has 0 saturated carbocycles. The first-order valence-corrected chi connectivity index (χ1v) is 8.20. The van der Waals surface area contributed by atoms with Gasteiger partial charge in [-0.1, -0.05) is 35.8 Å². The molecule has 17 heavy (non-hydrogen) atoms. The van der Waals surface area contributed by atoms with Crippen LogP contribution in [0.2, 0.25) is 0 Å². The summed E-state index contributed by atoms with van der Waals surface area (Å²) in [5.74, 6) is 0. The molecule has 0 aliphatic heterocycles. The van der Waals surface area contributed by atoms with Gasteiger partial charge >= 0.3 is 7.60 Å². The van der Waals surface area contributed by atoms with E-state index in [9.17, 15) is 14.4 Å². The van der Waals surface area contributed by atoms with Crippen LogP contribution in [0, 0.1) is 0 Å². The Balaban J connectivity index is 3.59. The Kier molecular flexibility index (Phi) is 4.96. The van der Waals surface area contributed by atoms with Crippen LogP contribution in [-0.2, 0) is 17.4 Å². The third-order valence-electron chi connectivity index (χ3n) is 2.88. The Bertz CT molecular complexity index is 451. The van der Waals surface area contributed by atoms with E-state index in [1.807, 2.05) is 26.8 Å². The van der Waals surface area contributed by atoms with Gasteiger partial charge in [0.2, 0.25) is 0 Å². The molecular weight excluding hydrogens is 303 g/mol. The van der Waals surface area contributed by atoms with Gasteiger partial charge in [0.25, 0.3) is 0 Å². The molecule has 1 unspecified atom stereocenters. The van der Waals surface area contributed by atoms with Crippen LogP contribution in [-0.4, -0.2) is 9.79 Å². The lowest BCUT2D eigenvalue weighted by molar-refractivity contribution is 0.387. The van der Waals surface area contributed by atoms with Crippen molar-refractivity contribution in [1.82, 2.24) is 0 Å². The molecule has 5 heteroatoms. The minimum absolute atomic E-state index is 0.0634. The highest BCUT2D eigenvalue weighted by atomic mass is 79.9. The number of hydrogen-bond donors (Lipinski definition) is 2. The molecular formula is C12H18BrO3P. The third-order valence-corrected chi connectivity index (χ3v) is 4.35. The van der Waals surface area contributed by atoms with Gasteiger partial charge in [-0.3, -0.25) is 4.57 Å². The van der Waals surface area contributed by atoms with Crippen LogP contribution in [0.15, 0.2) is 12.1 Å². The van der Waals surface area contributed by atoms with E-state index in [2.05, 4.69) is 15.9 Å². The van der Waals surface area contributed by atoms with Crippen LogP contribution in [0.4, 0.5) is 0 Å². The van der Waals surface area contributed by atoms with E-state index in [0.29, 0.717) is 0 Å². The molecule has 0 radical (unpaired) electrons. The van der Waals surface area contributed by atoms with E-state index in [1.165, 1.54) is 0 Å². The highest BCUT2D eigenvalue weighted by Gasteiger charge is 2.26. The molecule has 1 aromatic rings. The largest absolute Gasteiger partial charge is 0.356 e. The molecule has 0 bridgehead atoms. The van der Waals surface area contributed by atoms with Crippen molar-refractivity contribution in [3.63, 3.8) is 0 Å². The molecule has 0 amide bonds. The Morgan fingerprint density at radius 3 is 2.24 bits per heavy atom. The Hall–Kier alpha value is -0.150. The van der Waals surface area contributed by atoms with Gasteiger partial charge in [-0.25, -0.2) is 0 Å². The van der Waals surface area contributed by atoms with Gasteiger partial charge in [0, 0.05) is 4.83 Å². The van der Waals surface area contributed by atoms with Crippen LogP contribution >= 0.6 is 23.5 Å². The van der Waals surface area contributed by atoms with Crippen molar-refractivity contribution in [1.29, 1.82) is 0 Å². The molecule has 0 saturated heterocycles. The zero-order chi connectivity index (χ0) is 13.2. The quantitative estimate of drug-likeness (QED) is 0.662. The first kappa shape index (κ1) is 14.9. The van der Waals surface area contributed by atoms with E-state index >= 15 is 0 Å². The minimum Gasteiger partial charge on any atom is -0.321 e. The van der Waals surface area contributed by atoms with Gasteiger partial charge in [-0.2, -0.15) is 0 Å². The number of benzene rings is 1. The first-order valence-electron chi connectivity index (χ1n) is 5.67. The predicted octanol–water partition coefficient (Wildman–Crippen LogP) is 3.07. The average molecular weight is 321 g/mol. The van der Waals surface area contributed by atoms with Crippen LogP contribution < -0.4 is 5.30 Å². The fourth-order valence-corrected chi connectivity index (χ4v) is 3.76. The van der Waals surface area contributed by atoms with Gasteiger partial charge in [0.15, 0.2) is 0 Å². The van der Waals surface area contributed by atoms with Gasteiger partial charge in [0.1, 0.15) is 0 Å². The highest BCUT2D eigenvalue weighted by Crippen LogP contribution is 2.40. The van der Waals surface area contributed by atoms with Crippen molar-refractivity contribution in [3.05, 3.63) is 28.8 Å². The lowest BCUT2D eigenvalue weighted by atomic mass is 9.95. The Morgan fingerprint density at radius 2 is 1.88 bits per heavy atom. The van der Waals surface area contributed by atoms with Crippen molar-refractivity contribution < 1.29 is 14.4 Å². The van der Waals surface area contributed by atoms with Gasteiger partial charge < -0.3 is 9.79 Å². The molecule has 2 N–H and O–H groups in total. The summed E-state index contributed by atoms with van der Waals surface area (Å²) in [4.78, 5) is 18.7. The van der Waals surface area contributed by atoms with E-state index in [-0.39, 0.29) is 10.1 Å². The summed E-state index contributed by atoms with van der Waals surface area (Å²) in [6, 6.07) is 3.39. The fraction of sp³-hybridized carbons (Fsp3) is 0.500. The van der Waals surface area contributed by atoms with Gasteiger partial charge in [-0.15, -0.1) is 0 Å². The maximum Gasteiger partial charge on any atom is 0.356 e. The molecule has 0 aliphatic carbocycles. The zero-order valence-electron chi connectivity index (χ0n) is 10.3. The number of hydrogen-bond acceptors (Lipinski definition) is 1. The molecule has 1 atom stereocenters. The SMILES string of the molecule is CCc1ccc(P(=O)(O)O)c(C(C)Br)c1CC. The standard InChI is InChI=1S/C12H18BrO3P/c1-4-9-6-7-11(17(14,15)16)12(8(3)13)10(9)5-2/h6-8H,4-5H2,1-3H3,(H2,14,15,16). The first-order chi connectivity index (χ1) is 7.82. The summed E-state index contributed by atoms with van der Waals surface area (Å²) >= 11 is 3.44.